The number of nitrogens with two attached hydrogens (primary N) is 1. The summed E-state index contributed by atoms with van der Waals surface area (Å²) in [7, 11) is 0. The van der Waals surface area contributed by atoms with E-state index in [1.165, 1.54) is 18.4 Å². The largest absolute Gasteiger partial charge is 0.324 e. The Balaban J connectivity index is 2.50. The molecule has 2 rings (SSSR count). The molecule has 0 amide bonds. The van der Waals surface area contributed by atoms with E-state index in [-0.39, 0.29) is 6.04 Å². The van der Waals surface area contributed by atoms with Crippen molar-refractivity contribution in [2.75, 3.05) is 0 Å². The van der Waals surface area contributed by atoms with Crippen molar-refractivity contribution >= 4 is 23.2 Å². The van der Waals surface area contributed by atoms with Crippen molar-refractivity contribution in [2.24, 2.45) is 5.73 Å². The SMILES string of the molecule is C[C@@H](N)c1c(Cl)ccc(C2CC2)c1Cl. The molecular formula is C11H13Cl2N. The number of hydrogen-bond acceptors (Lipinski definition) is 1. The van der Waals surface area contributed by atoms with E-state index < -0.39 is 0 Å². The molecule has 0 heterocycles. The molecule has 76 valence electrons. The number of hydrogen-bond donors (Lipinski definition) is 1. The van der Waals surface area contributed by atoms with E-state index in [4.69, 9.17) is 28.9 Å². The van der Waals surface area contributed by atoms with Crippen molar-refractivity contribution in [3.8, 4) is 0 Å². The van der Waals surface area contributed by atoms with Crippen LogP contribution in [0, 0.1) is 0 Å². The topological polar surface area (TPSA) is 26.0 Å². The monoisotopic (exact) mass is 229 g/mol. The van der Waals surface area contributed by atoms with Gasteiger partial charge in [0.15, 0.2) is 0 Å². The molecule has 1 aromatic carbocycles. The first kappa shape index (κ1) is 10.3. The maximum atomic E-state index is 6.28. The Labute approximate surface area is 94.2 Å². The number of benzene rings is 1. The lowest BCUT2D eigenvalue weighted by Gasteiger charge is -2.13. The summed E-state index contributed by atoms with van der Waals surface area (Å²) in [6.45, 7) is 1.91. The molecule has 0 unspecified atom stereocenters. The molecule has 0 aliphatic heterocycles. The average molecular weight is 230 g/mol. The maximum Gasteiger partial charge on any atom is 0.0503 e. The molecule has 1 atom stereocenters. The van der Waals surface area contributed by atoms with Gasteiger partial charge in [-0.3, -0.25) is 0 Å². The van der Waals surface area contributed by atoms with Crippen LogP contribution in [0.3, 0.4) is 0 Å². The lowest BCUT2D eigenvalue weighted by Crippen LogP contribution is -2.07. The van der Waals surface area contributed by atoms with E-state index >= 15 is 0 Å². The summed E-state index contributed by atoms with van der Waals surface area (Å²) in [5.41, 5.74) is 7.93. The molecule has 1 aliphatic carbocycles. The third-order valence-corrected chi connectivity index (χ3v) is 3.38. The van der Waals surface area contributed by atoms with Gasteiger partial charge in [0.1, 0.15) is 0 Å². The molecule has 1 aromatic rings. The summed E-state index contributed by atoms with van der Waals surface area (Å²) in [4.78, 5) is 0. The lowest BCUT2D eigenvalue weighted by molar-refractivity contribution is 0.815. The van der Waals surface area contributed by atoms with Crippen LogP contribution in [0.1, 0.15) is 42.9 Å². The molecule has 1 aliphatic rings. The van der Waals surface area contributed by atoms with Crippen molar-refractivity contribution in [3.63, 3.8) is 0 Å². The van der Waals surface area contributed by atoms with Crippen LogP contribution in [0.2, 0.25) is 10.0 Å². The van der Waals surface area contributed by atoms with Crippen LogP contribution in [-0.4, -0.2) is 0 Å². The van der Waals surface area contributed by atoms with E-state index in [0.29, 0.717) is 10.9 Å². The van der Waals surface area contributed by atoms with Crippen LogP contribution >= 0.6 is 23.2 Å². The third kappa shape index (κ3) is 1.77. The fourth-order valence-corrected chi connectivity index (χ4v) is 2.58. The van der Waals surface area contributed by atoms with Crippen LogP contribution in [-0.2, 0) is 0 Å². The van der Waals surface area contributed by atoms with E-state index in [1.54, 1.807) is 0 Å². The molecule has 3 heteroatoms. The van der Waals surface area contributed by atoms with E-state index in [1.807, 2.05) is 19.1 Å². The Morgan fingerprint density at radius 2 is 2.00 bits per heavy atom. The first-order valence-electron chi connectivity index (χ1n) is 4.84. The molecule has 0 spiro atoms. The maximum absolute atomic E-state index is 6.28. The summed E-state index contributed by atoms with van der Waals surface area (Å²) in [6, 6.07) is 3.82. The van der Waals surface area contributed by atoms with Gasteiger partial charge in [0.05, 0.1) is 5.02 Å². The van der Waals surface area contributed by atoms with Gasteiger partial charge in [0, 0.05) is 16.6 Å². The highest BCUT2D eigenvalue weighted by Gasteiger charge is 2.27. The Morgan fingerprint density at radius 1 is 1.36 bits per heavy atom. The van der Waals surface area contributed by atoms with Crippen molar-refractivity contribution in [1.82, 2.24) is 0 Å². The van der Waals surface area contributed by atoms with E-state index in [9.17, 15) is 0 Å². The minimum atomic E-state index is -0.103. The van der Waals surface area contributed by atoms with Gasteiger partial charge in [-0.05, 0) is 37.3 Å². The molecule has 2 N–H and O–H groups in total. The Morgan fingerprint density at radius 3 is 2.50 bits per heavy atom. The minimum absolute atomic E-state index is 0.103. The molecule has 0 radical (unpaired) electrons. The van der Waals surface area contributed by atoms with Gasteiger partial charge in [-0.2, -0.15) is 0 Å². The highest BCUT2D eigenvalue weighted by molar-refractivity contribution is 6.36. The van der Waals surface area contributed by atoms with Gasteiger partial charge in [-0.1, -0.05) is 29.3 Å². The first-order valence-corrected chi connectivity index (χ1v) is 5.60. The molecular weight excluding hydrogens is 217 g/mol. The summed E-state index contributed by atoms with van der Waals surface area (Å²) < 4.78 is 0. The van der Waals surface area contributed by atoms with Crippen LogP contribution < -0.4 is 5.73 Å². The smallest absolute Gasteiger partial charge is 0.0503 e. The molecule has 0 aromatic heterocycles. The van der Waals surface area contributed by atoms with Crippen molar-refractivity contribution in [3.05, 3.63) is 33.3 Å². The van der Waals surface area contributed by atoms with Crippen molar-refractivity contribution in [2.45, 2.75) is 31.7 Å². The Bertz CT molecular complexity index is 357. The number of halogens is 2. The first-order chi connectivity index (χ1) is 6.61. The molecule has 0 saturated heterocycles. The summed E-state index contributed by atoms with van der Waals surface area (Å²) in [5, 5.41) is 1.45. The van der Waals surface area contributed by atoms with Crippen LogP contribution in [0.25, 0.3) is 0 Å². The molecule has 1 fully saturated rings. The van der Waals surface area contributed by atoms with Crippen LogP contribution in [0.5, 0.6) is 0 Å². The highest BCUT2D eigenvalue weighted by Crippen LogP contribution is 2.46. The second-order valence-corrected chi connectivity index (χ2v) is 4.71. The van der Waals surface area contributed by atoms with Gasteiger partial charge in [-0.25, -0.2) is 0 Å². The van der Waals surface area contributed by atoms with Crippen LogP contribution in [0.4, 0.5) is 0 Å². The lowest BCUT2D eigenvalue weighted by atomic mass is 10.0. The second-order valence-electron chi connectivity index (χ2n) is 3.93. The quantitative estimate of drug-likeness (QED) is 0.819. The molecule has 14 heavy (non-hydrogen) atoms. The van der Waals surface area contributed by atoms with Crippen molar-refractivity contribution in [1.29, 1.82) is 0 Å². The molecule has 1 nitrogen and oxygen atoms in total. The Kier molecular flexibility index (Phi) is 2.74. The second kappa shape index (κ2) is 3.73. The predicted octanol–water partition coefficient (Wildman–Crippen LogP) is 3.89. The van der Waals surface area contributed by atoms with Gasteiger partial charge in [0.2, 0.25) is 0 Å². The van der Waals surface area contributed by atoms with Gasteiger partial charge >= 0.3 is 0 Å². The zero-order valence-corrected chi connectivity index (χ0v) is 9.57. The highest BCUT2D eigenvalue weighted by atomic mass is 35.5. The average Bonchev–Trinajstić information content (AvgIpc) is 2.86. The van der Waals surface area contributed by atoms with E-state index in [2.05, 4.69) is 0 Å². The third-order valence-electron chi connectivity index (χ3n) is 2.63. The zero-order valence-electron chi connectivity index (χ0n) is 8.06. The normalized spacial score (nSPS) is 18.3. The summed E-state index contributed by atoms with van der Waals surface area (Å²) >= 11 is 12.3. The fourth-order valence-electron chi connectivity index (χ4n) is 1.71. The minimum Gasteiger partial charge on any atom is -0.324 e. The van der Waals surface area contributed by atoms with Gasteiger partial charge < -0.3 is 5.73 Å². The van der Waals surface area contributed by atoms with Crippen molar-refractivity contribution < 1.29 is 0 Å². The van der Waals surface area contributed by atoms with Gasteiger partial charge in [-0.15, -0.1) is 0 Å². The predicted molar refractivity (Wildman–Crippen MR) is 61.0 cm³/mol. The zero-order chi connectivity index (χ0) is 10.3. The standard InChI is InChI=1S/C11H13Cl2N/c1-6(14)10-9(12)5-4-8(11(10)13)7-2-3-7/h4-7H,2-3,14H2,1H3/t6-/m1/s1. The van der Waals surface area contributed by atoms with Crippen LogP contribution in [0.15, 0.2) is 12.1 Å². The van der Waals surface area contributed by atoms with Gasteiger partial charge in [0.25, 0.3) is 0 Å². The summed E-state index contributed by atoms with van der Waals surface area (Å²) in [5.74, 6) is 0.636. The molecule has 0 bridgehead atoms. The molecule has 1 saturated carbocycles. The summed E-state index contributed by atoms with van der Waals surface area (Å²) in [6.07, 6.45) is 2.47. The fraction of sp³-hybridized carbons (Fsp3) is 0.455. The Hall–Kier alpha value is -0.240. The van der Waals surface area contributed by atoms with E-state index in [0.717, 1.165) is 10.6 Å². The number of rotatable bonds is 2.